The number of halogens is 1. The molecule has 4 rings (SSSR count). The molecule has 0 saturated heterocycles. The Labute approximate surface area is 154 Å². The van der Waals surface area contributed by atoms with Gasteiger partial charge in [0.25, 0.3) is 0 Å². The minimum Gasteiger partial charge on any atom is -0.491 e. The van der Waals surface area contributed by atoms with Crippen molar-refractivity contribution in [2.75, 3.05) is 5.32 Å². The third kappa shape index (κ3) is 3.16. The molecule has 1 heterocycles. The molecule has 0 radical (unpaired) electrons. The van der Waals surface area contributed by atoms with Gasteiger partial charge in [0, 0.05) is 16.6 Å². The molecule has 3 heteroatoms. The smallest absolute Gasteiger partial charge is 0.120 e. The summed E-state index contributed by atoms with van der Waals surface area (Å²) >= 11 is 6.07. The number of rotatable bonds is 4. The maximum Gasteiger partial charge on any atom is 0.120 e. The van der Waals surface area contributed by atoms with Crippen LogP contribution in [0.4, 0.5) is 5.69 Å². The Bertz CT molecular complexity index is 783. The SMILES string of the molecule is CCC(C)Oc1ccc2c(c1)C1C=CCC1C(c1ccc(Cl)cc1)N2. The minimum atomic E-state index is 0.242. The number of hydrogen-bond donors (Lipinski definition) is 1. The first-order chi connectivity index (χ1) is 12.2. The van der Waals surface area contributed by atoms with Gasteiger partial charge in [-0.1, -0.05) is 42.8 Å². The van der Waals surface area contributed by atoms with Crippen molar-refractivity contribution in [1.82, 2.24) is 0 Å². The molecule has 2 aromatic rings. The van der Waals surface area contributed by atoms with Gasteiger partial charge in [0.2, 0.25) is 0 Å². The molecular formula is C22H24ClNO. The topological polar surface area (TPSA) is 21.3 Å². The van der Waals surface area contributed by atoms with Gasteiger partial charge in [-0.25, -0.2) is 0 Å². The van der Waals surface area contributed by atoms with E-state index >= 15 is 0 Å². The predicted octanol–water partition coefficient (Wildman–Crippen LogP) is 6.34. The number of hydrogen-bond acceptors (Lipinski definition) is 2. The average molecular weight is 354 g/mol. The number of anilines is 1. The van der Waals surface area contributed by atoms with Crippen molar-refractivity contribution in [3.63, 3.8) is 0 Å². The lowest BCUT2D eigenvalue weighted by molar-refractivity contribution is 0.217. The second-order valence-electron chi connectivity index (χ2n) is 7.11. The van der Waals surface area contributed by atoms with Gasteiger partial charge < -0.3 is 10.1 Å². The number of ether oxygens (including phenoxy) is 1. The van der Waals surface area contributed by atoms with Crippen LogP contribution in [0, 0.1) is 5.92 Å². The third-order valence-electron chi connectivity index (χ3n) is 5.48. The van der Waals surface area contributed by atoms with E-state index in [1.807, 2.05) is 12.1 Å². The summed E-state index contributed by atoms with van der Waals surface area (Å²) in [4.78, 5) is 0. The molecule has 1 aliphatic heterocycles. The Kier molecular flexibility index (Phi) is 4.47. The van der Waals surface area contributed by atoms with Crippen LogP contribution in [0.15, 0.2) is 54.6 Å². The van der Waals surface area contributed by atoms with E-state index in [1.54, 1.807) is 0 Å². The fourth-order valence-corrected chi connectivity index (χ4v) is 4.09. The van der Waals surface area contributed by atoms with Crippen LogP contribution in [-0.4, -0.2) is 6.10 Å². The quantitative estimate of drug-likeness (QED) is 0.647. The lowest BCUT2D eigenvalue weighted by Crippen LogP contribution is -2.29. The Morgan fingerprint density at radius 3 is 2.76 bits per heavy atom. The number of benzene rings is 2. The molecule has 0 fully saturated rings. The third-order valence-corrected chi connectivity index (χ3v) is 5.73. The lowest BCUT2D eigenvalue weighted by Gasteiger charge is -2.37. The molecule has 4 unspecified atom stereocenters. The summed E-state index contributed by atoms with van der Waals surface area (Å²) in [6.07, 6.45) is 7.03. The van der Waals surface area contributed by atoms with Gasteiger partial charge in [0.15, 0.2) is 0 Å². The van der Waals surface area contributed by atoms with E-state index in [0.717, 1.165) is 23.6 Å². The Morgan fingerprint density at radius 1 is 1.20 bits per heavy atom. The molecule has 0 amide bonds. The van der Waals surface area contributed by atoms with E-state index < -0.39 is 0 Å². The average Bonchev–Trinajstić information content (AvgIpc) is 3.12. The Morgan fingerprint density at radius 2 is 2.00 bits per heavy atom. The van der Waals surface area contributed by atoms with E-state index in [0.29, 0.717) is 17.9 Å². The molecule has 1 aliphatic carbocycles. The van der Waals surface area contributed by atoms with Gasteiger partial charge >= 0.3 is 0 Å². The zero-order chi connectivity index (χ0) is 17.4. The molecule has 25 heavy (non-hydrogen) atoms. The lowest BCUT2D eigenvalue weighted by atomic mass is 9.77. The molecule has 0 bridgehead atoms. The van der Waals surface area contributed by atoms with Crippen molar-refractivity contribution in [3.05, 3.63) is 70.8 Å². The normalized spacial score (nSPS) is 25.0. The molecule has 2 nitrogen and oxygen atoms in total. The molecule has 2 aliphatic rings. The Balaban J connectivity index is 1.67. The molecule has 4 atom stereocenters. The van der Waals surface area contributed by atoms with Crippen molar-refractivity contribution in [2.24, 2.45) is 5.92 Å². The van der Waals surface area contributed by atoms with Crippen LogP contribution >= 0.6 is 11.6 Å². The van der Waals surface area contributed by atoms with Crippen molar-refractivity contribution >= 4 is 17.3 Å². The summed E-state index contributed by atoms with van der Waals surface area (Å²) in [5, 5.41) is 4.55. The van der Waals surface area contributed by atoms with Gasteiger partial charge in [-0.3, -0.25) is 0 Å². The van der Waals surface area contributed by atoms with E-state index in [-0.39, 0.29) is 6.10 Å². The highest BCUT2D eigenvalue weighted by molar-refractivity contribution is 6.30. The van der Waals surface area contributed by atoms with Crippen LogP contribution in [-0.2, 0) is 0 Å². The first-order valence-electron chi connectivity index (χ1n) is 9.15. The van der Waals surface area contributed by atoms with Gasteiger partial charge in [-0.05, 0) is 67.1 Å². The van der Waals surface area contributed by atoms with Gasteiger partial charge in [0.05, 0.1) is 12.1 Å². The van der Waals surface area contributed by atoms with Crippen LogP contribution in [0.2, 0.25) is 5.02 Å². The van der Waals surface area contributed by atoms with E-state index in [9.17, 15) is 0 Å². The minimum absolute atomic E-state index is 0.242. The summed E-state index contributed by atoms with van der Waals surface area (Å²) in [5.74, 6) is 1.95. The van der Waals surface area contributed by atoms with Crippen LogP contribution in [0.5, 0.6) is 5.75 Å². The fraction of sp³-hybridized carbons (Fsp3) is 0.364. The van der Waals surface area contributed by atoms with Crippen LogP contribution < -0.4 is 10.1 Å². The first kappa shape index (κ1) is 16.5. The second-order valence-corrected chi connectivity index (χ2v) is 7.55. The molecular weight excluding hydrogens is 330 g/mol. The molecule has 2 aromatic carbocycles. The largest absolute Gasteiger partial charge is 0.491 e. The fourth-order valence-electron chi connectivity index (χ4n) is 3.96. The number of nitrogens with one attached hydrogen (secondary N) is 1. The summed E-state index contributed by atoms with van der Waals surface area (Å²) in [5.41, 5.74) is 3.86. The summed E-state index contributed by atoms with van der Waals surface area (Å²) < 4.78 is 6.04. The van der Waals surface area contributed by atoms with Crippen molar-refractivity contribution in [2.45, 2.75) is 44.8 Å². The summed E-state index contributed by atoms with van der Waals surface area (Å²) in [6, 6.07) is 15.0. The van der Waals surface area contributed by atoms with E-state index in [2.05, 4.69) is 61.6 Å². The van der Waals surface area contributed by atoms with E-state index in [4.69, 9.17) is 16.3 Å². The van der Waals surface area contributed by atoms with Crippen molar-refractivity contribution < 1.29 is 4.74 Å². The highest BCUT2D eigenvalue weighted by atomic mass is 35.5. The van der Waals surface area contributed by atoms with Crippen LogP contribution in [0.1, 0.15) is 49.8 Å². The zero-order valence-corrected chi connectivity index (χ0v) is 15.5. The Hall–Kier alpha value is -1.93. The highest BCUT2D eigenvalue weighted by Gasteiger charge is 2.38. The molecule has 0 aromatic heterocycles. The number of allylic oxidation sites excluding steroid dienone is 2. The zero-order valence-electron chi connectivity index (χ0n) is 14.7. The molecule has 0 saturated carbocycles. The maximum atomic E-state index is 6.07. The summed E-state index contributed by atoms with van der Waals surface area (Å²) in [7, 11) is 0. The standard InChI is InChI=1S/C22H24ClNO/c1-3-14(2)25-17-11-12-21-20(13-17)18-5-4-6-19(18)22(24-21)15-7-9-16(23)10-8-15/h4-5,7-14,18-19,22,24H,3,6H2,1-2H3. The second kappa shape index (κ2) is 6.76. The monoisotopic (exact) mass is 353 g/mol. The summed E-state index contributed by atoms with van der Waals surface area (Å²) in [6.45, 7) is 4.27. The van der Waals surface area contributed by atoms with Gasteiger partial charge in [-0.2, -0.15) is 0 Å². The van der Waals surface area contributed by atoms with Crippen LogP contribution in [0.25, 0.3) is 0 Å². The predicted molar refractivity (Wildman–Crippen MR) is 105 cm³/mol. The number of fused-ring (bicyclic) bond motifs is 3. The van der Waals surface area contributed by atoms with Gasteiger partial charge in [-0.15, -0.1) is 0 Å². The van der Waals surface area contributed by atoms with Crippen LogP contribution in [0.3, 0.4) is 0 Å². The maximum absolute atomic E-state index is 6.07. The highest BCUT2D eigenvalue weighted by Crippen LogP contribution is 2.50. The van der Waals surface area contributed by atoms with E-state index in [1.165, 1.54) is 16.8 Å². The van der Waals surface area contributed by atoms with Crippen molar-refractivity contribution in [3.8, 4) is 5.75 Å². The molecule has 1 N–H and O–H groups in total. The van der Waals surface area contributed by atoms with Gasteiger partial charge in [0.1, 0.15) is 5.75 Å². The molecule has 0 spiro atoms. The first-order valence-corrected chi connectivity index (χ1v) is 9.52. The molecule has 130 valence electrons. The van der Waals surface area contributed by atoms with Crippen molar-refractivity contribution in [1.29, 1.82) is 0 Å².